The molecule has 1 saturated heterocycles. The van der Waals surface area contributed by atoms with Crippen molar-refractivity contribution < 1.29 is 18.6 Å². The number of hydrogen-bond acceptors (Lipinski definition) is 7. The van der Waals surface area contributed by atoms with Crippen molar-refractivity contribution in [3.05, 3.63) is 53.7 Å². The van der Waals surface area contributed by atoms with Crippen LogP contribution in [0.3, 0.4) is 0 Å². The lowest BCUT2D eigenvalue weighted by molar-refractivity contribution is 0.138. The zero-order chi connectivity index (χ0) is 20.5. The van der Waals surface area contributed by atoms with E-state index in [9.17, 15) is 0 Å². The van der Waals surface area contributed by atoms with E-state index < -0.39 is 0 Å². The second kappa shape index (κ2) is 7.99. The van der Waals surface area contributed by atoms with Crippen LogP contribution in [0.1, 0.15) is 42.3 Å². The second-order valence-corrected chi connectivity index (χ2v) is 7.70. The van der Waals surface area contributed by atoms with Gasteiger partial charge in [0.2, 0.25) is 18.4 Å². The molecule has 0 N–H and O–H groups in total. The fourth-order valence-corrected chi connectivity index (χ4v) is 4.27. The van der Waals surface area contributed by atoms with Gasteiger partial charge >= 0.3 is 0 Å². The van der Waals surface area contributed by atoms with E-state index in [1.54, 1.807) is 7.11 Å². The van der Waals surface area contributed by atoms with Gasteiger partial charge in [0.1, 0.15) is 5.76 Å². The zero-order valence-corrected chi connectivity index (χ0v) is 17.3. The third-order valence-corrected chi connectivity index (χ3v) is 5.83. The summed E-state index contributed by atoms with van der Waals surface area (Å²) in [7, 11) is 1.61. The first-order chi connectivity index (χ1) is 14.7. The largest absolute Gasteiger partial charge is 0.493 e. The number of rotatable bonds is 5. The van der Waals surface area contributed by atoms with Gasteiger partial charge in [-0.3, -0.25) is 9.88 Å². The lowest BCUT2D eigenvalue weighted by Crippen LogP contribution is -2.33. The van der Waals surface area contributed by atoms with E-state index in [0.717, 1.165) is 36.5 Å². The first-order valence-electron chi connectivity index (χ1n) is 10.3. The number of nitrogens with zero attached hydrogens (tertiary/aromatic N) is 3. The summed E-state index contributed by atoms with van der Waals surface area (Å²) in [6, 6.07) is 8.30. The van der Waals surface area contributed by atoms with Gasteiger partial charge in [-0.15, -0.1) is 0 Å². The molecule has 0 unspecified atom stereocenters. The molecule has 2 aromatic heterocycles. The Morgan fingerprint density at radius 2 is 2.17 bits per heavy atom. The van der Waals surface area contributed by atoms with Gasteiger partial charge in [-0.05, 0) is 50.1 Å². The molecule has 5 rings (SSSR count). The van der Waals surface area contributed by atoms with Crippen molar-refractivity contribution in [1.29, 1.82) is 0 Å². The van der Waals surface area contributed by atoms with Crippen LogP contribution < -0.4 is 14.2 Å². The molecule has 0 bridgehead atoms. The Morgan fingerprint density at radius 1 is 1.23 bits per heavy atom. The number of aryl methyl sites for hydroxylation is 1. The van der Waals surface area contributed by atoms with Crippen molar-refractivity contribution in [3.8, 4) is 28.7 Å². The molecule has 1 atom stereocenters. The maximum Gasteiger partial charge on any atom is 0.231 e. The van der Waals surface area contributed by atoms with Gasteiger partial charge in [0.25, 0.3) is 0 Å². The summed E-state index contributed by atoms with van der Waals surface area (Å²) in [5.41, 5.74) is 3.03. The van der Waals surface area contributed by atoms with Gasteiger partial charge < -0.3 is 18.6 Å². The molecule has 4 heterocycles. The number of pyridine rings is 1. The van der Waals surface area contributed by atoms with Crippen LogP contribution in [-0.4, -0.2) is 35.3 Å². The van der Waals surface area contributed by atoms with E-state index in [1.807, 2.05) is 37.5 Å². The lowest BCUT2D eigenvalue weighted by Gasteiger charge is -2.35. The molecule has 0 aliphatic carbocycles. The molecule has 7 nitrogen and oxygen atoms in total. The molecule has 0 saturated carbocycles. The first kappa shape index (κ1) is 18.9. The Hall–Kier alpha value is -3.06. The van der Waals surface area contributed by atoms with Crippen LogP contribution in [0.25, 0.3) is 11.5 Å². The lowest BCUT2D eigenvalue weighted by atomic mass is 9.96. The number of piperidine rings is 1. The van der Waals surface area contributed by atoms with E-state index in [0.29, 0.717) is 29.2 Å². The Bertz CT molecular complexity index is 1030. The Morgan fingerprint density at radius 3 is 3.00 bits per heavy atom. The van der Waals surface area contributed by atoms with Crippen LogP contribution in [-0.2, 0) is 6.54 Å². The van der Waals surface area contributed by atoms with Crippen molar-refractivity contribution in [2.45, 2.75) is 38.8 Å². The van der Waals surface area contributed by atoms with Crippen molar-refractivity contribution in [2.75, 3.05) is 20.4 Å². The highest BCUT2D eigenvalue weighted by atomic mass is 16.7. The Balaban J connectivity index is 1.42. The molecular weight excluding hydrogens is 382 g/mol. The smallest absolute Gasteiger partial charge is 0.231 e. The van der Waals surface area contributed by atoms with Gasteiger partial charge in [0.05, 0.1) is 12.8 Å². The maximum absolute atomic E-state index is 6.04. The SMILES string of the molecule is COc1cc(-c2nc(CN3CCCC[C@@H]3c3cccnc3)c(C)o2)cc2c1OCO2. The molecule has 0 amide bonds. The molecule has 1 aromatic carbocycles. The molecule has 2 aliphatic rings. The minimum Gasteiger partial charge on any atom is -0.493 e. The standard InChI is InChI=1S/C23H25N3O4/c1-15-18(13-26-9-4-3-7-19(26)16-6-5-8-24-12-16)25-23(30-15)17-10-20(27-2)22-21(11-17)28-14-29-22/h5-6,8,10-12,19H,3-4,7,9,13-14H2,1-2H3/t19-/m1/s1. The van der Waals surface area contributed by atoms with E-state index in [2.05, 4.69) is 16.0 Å². The number of hydrogen-bond donors (Lipinski definition) is 0. The van der Waals surface area contributed by atoms with E-state index in [-0.39, 0.29) is 6.79 Å². The van der Waals surface area contributed by atoms with Crippen LogP contribution >= 0.6 is 0 Å². The Labute approximate surface area is 175 Å². The average molecular weight is 407 g/mol. The summed E-state index contributed by atoms with van der Waals surface area (Å²) < 4.78 is 22.5. The van der Waals surface area contributed by atoms with Crippen molar-refractivity contribution in [3.63, 3.8) is 0 Å². The molecule has 3 aromatic rings. The number of likely N-dealkylation sites (tertiary alicyclic amines) is 1. The van der Waals surface area contributed by atoms with Crippen molar-refractivity contribution in [1.82, 2.24) is 14.9 Å². The van der Waals surface area contributed by atoms with Crippen molar-refractivity contribution >= 4 is 0 Å². The summed E-state index contributed by atoms with van der Waals surface area (Å²) in [4.78, 5) is 11.6. The second-order valence-electron chi connectivity index (χ2n) is 7.70. The molecule has 2 aliphatic heterocycles. The minimum atomic E-state index is 0.190. The zero-order valence-electron chi connectivity index (χ0n) is 17.3. The fraction of sp³-hybridized carbons (Fsp3) is 0.391. The van der Waals surface area contributed by atoms with Gasteiger partial charge in [-0.25, -0.2) is 4.98 Å². The molecule has 156 valence electrons. The predicted molar refractivity (Wildman–Crippen MR) is 111 cm³/mol. The normalized spacial score (nSPS) is 18.5. The molecule has 0 spiro atoms. The van der Waals surface area contributed by atoms with Gasteiger partial charge in [-0.2, -0.15) is 0 Å². The number of methoxy groups -OCH3 is 1. The monoisotopic (exact) mass is 407 g/mol. The summed E-state index contributed by atoms with van der Waals surface area (Å²) in [5.74, 6) is 3.28. The number of aromatic nitrogens is 2. The molecule has 0 radical (unpaired) electrons. The third kappa shape index (κ3) is 3.50. The van der Waals surface area contributed by atoms with Crippen LogP contribution in [0.15, 0.2) is 41.1 Å². The number of ether oxygens (including phenoxy) is 3. The highest BCUT2D eigenvalue weighted by Gasteiger charge is 2.27. The van der Waals surface area contributed by atoms with Crippen molar-refractivity contribution in [2.24, 2.45) is 0 Å². The summed E-state index contributed by atoms with van der Waals surface area (Å²) in [5, 5.41) is 0. The maximum atomic E-state index is 6.04. The topological polar surface area (TPSA) is 69.9 Å². The minimum absolute atomic E-state index is 0.190. The summed E-state index contributed by atoms with van der Waals surface area (Å²) >= 11 is 0. The highest BCUT2D eigenvalue weighted by molar-refractivity contribution is 5.66. The molecular formula is C23H25N3O4. The fourth-order valence-electron chi connectivity index (χ4n) is 4.27. The summed E-state index contributed by atoms with van der Waals surface area (Å²) in [6.07, 6.45) is 7.36. The molecule has 1 fully saturated rings. The predicted octanol–water partition coefficient (Wildman–Crippen LogP) is 4.51. The van der Waals surface area contributed by atoms with Gasteiger partial charge in [-0.1, -0.05) is 12.5 Å². The number of fused-ring (bicyclic) bond motifs is 1. The third-order valence-electron chi connectivity index (χ3n) is 5.83. The van der Waals surface area contributed by atoms with Crippen LogP contribution in [0.4, 0.5) is 0 Å². The van der Waals surface area contributed by atoms with Crippen LogP contribution in [0, 0.1) is 6.92 Å². The number of benzene rings is 1. The molecule has 30 heavy (non-hydrogen) atoms. The van der Waals surface area contributed by atoms with E-state index in [1.165, 1.54) is 18.4 Å². The van der Waals surface area contributed by atoms with E-state index in [4.69, 9.17) is 23.6 Å². The van der Waals surface area contributed by atoms with E-state index >= 15 is 0 Å². The quantitative estimate of drug-likeness (QED) is 0.616. The first-order valence-corrected chi connectivity index (χ1v) is 10.3. The number of oxazole rings is 1. The van der Waals surface area contributed by atoms with Gasteiger partial charge in [0, 0.05) is 30.5 Å². The van der Waals surface area contributed by atoms with Gasteiger partial charge in [0.15, 0.2) is 11.5 Å². The van der Waals surface area contributed by atoms with Crippen LogP contribution in [0.5, 0.6) is 17.2 Å². The van der Waals surface area contributed by atoms with Crippen LogP contribution in [0.2, 0.25) is 0 Å². The molecule has 7 heteroatoms. The average Bonchev–Trinajstić information content (AvgIpc) is 3.41. The highest BCUT2D eigenvalue weighted by Crippen LogP contribution is 2.44. The summed E-state index contributed by atoms with van der Waals surface area (Å²) in [6.45, 7) is 3.95. The Kier molecular flexibility index (Phi) is 5.04.